The summed E-state index contributed by atoms with van der Waals surface area (Å²) in [5.74, 6) is 0.383. The van der Waals surface area contributed by atoms with E-state index in [9.17, 15) is 14.7 Å². The smallest absolute Gasteiger partial charge is 0.335 e. The van der Waals surface area contributed by atoms with Crippen molar-refractivity contribution in [3.05, 3.63) is 59.7 Å². The predicted molar refractivity (Wildman–Crippen MR) is 155 cm³/mol. The lowest BCUT2D eigenvalue weighted by molar-refractivity contribution is -0.150. The number of aliphatic hydroxyl groups excluding tert-OH is 1. The van der Waals surface area contributed by atoms with Crippen LogP contribution in [0.4, 0.5) is 0 Å². The number of carbonyl (C=O) groups is 2. The molecule has 0 radical (unpaired) electrons. The number of aryl methyl sites for hydroxylation is 1. The van der Waals surface area contributed by atoms with Gasteiger partial charge in [-0.1, -0.05) is 77.0 Å². The lowest BCUT2D eigenvalue weighted by Crippen LogP contribution is -2.35. The third-order valence-electron chi connectivity index (χ3n) is 8.31. The molecule has 1 aliphatic rings. The van der Waals surface area contributed by atoms with Crippen LogP contribution in [0.15, 0.2) is 48.6 Å². The van der Waals surface area contributed by atoms with Crippen molar-refractivity contribution in [2.45, 2.75) is 90.4 Å². The number of unbranched alkanes of at least 4 members (excludes halogenated alkanes) is 2. The fourth-order valence-electron chi connectivity index (χ4n) is 5.34. The third-order valence-corrected chi connectivity index (χ3v) is 8.31. The fourth-order valence-corrected chi connectivity index (χ4v) is 5.34. The van der Waals surface area contributed by atoms with Crippen molar-refractivity contribution in [2.75, 3.05) is 33.5 Å². The minimum atomic E-state index is -0.644. The van der Waals surface area contributed by atoms with Crippen molar-refractivity contribution >= 4 is 11.9 Å². The molecule has 0 bridgehead atoms. The fraction of sp³-hybridized carbons (Fsp3) is 0.636. The monoisotopic (exact) mass is 542 g/mol. The van der Waals surface area contributed by atoms with Gasteiger partial charge in [-0.2, -0.15) is 0 Å². The van der Waals surface area contributed by atoms with Gasteiger partial charge in [0, 0.05) is 12.5 Å². The molecule has 39 heavy (non-hydrogen) atoms. The molecule has 0 amide bonds. The molecule has 0 aromatic heterocycles. The first kappa shape index (κ1) is 32.8. The van der Waals surface area contributed by atoms with E-state index in [-0.39, 0.29) is 31.0 Å². The van der Waals surface area contributed by atoms with Crippen LogP contribution >= 0.6 is 0 Å². The summed E-state index contributed by atoms with van der Waals surface area (Å²) in [7, 11) is 1.49. The summed E-state index contributed by atoms with van der Waals surface area (Å²) >= 11 is 0. The van der Waals surface area contributed by atoms with E-state index in [1.54, 1.807) is 0 Å². The van der Waals surface area contributed by atoms with Crippen LogP contribution in [-0.2, 0) is 30.2 Å². The first-order chi connectivity index (χ1) is 18.8. The van der Waals surface area contributed by atoms with Gasteiger partial charge in [0.25, 0.3) is 0 Å². The molecule has 1 aromatic carbocycles. The Kier molecular flexibility index (Phi) is 14.5. The van der Waals surface area contributed by atoms with Gasteiger partial charge >= 0.3 is 11.9 Å². The summed E-state index contributed by atoms with van der Waals surface area (Å²) in [4.78, 5) is 24.6. The largest absolute Gasteiger partial charge is 0.462 e. The van der Waals surface area contributed by atoms with Gasteiger partial charge in [-0.05, 0) is 67.9 Å². The summed E-state index contributed by atoms with van der Waals surface area (Å²) < 4.78 is 16.0. The number of ether oxygens (including phenoxy) is 3. The molecule has 1 N–H and O–H groups in total. The molecular weight excluding hydrogens is 492 g/mol. The summed E-state index contributed by atoms with van der Waals surface area (Å²) in [6.45, 7) is 11.3. The van der Waals surface area contributed by atoms with Gasteiger partial charge in [0.15, 0.2) is 0 Å². The summed E-state index contributed by atoms with van der Waals surface area (Å²) in [5.41, 5.74) is 2.28. The molecule has 0 saturated heterocycles. The lowest BCUT2D eigenvalue weighted by Gasteiger charge is -2.32. The Labute approximate surface area is 235 Å². The number of esters is 2. The molecule has 1 aromatic rings. The summed E-state index contributed by atoms with van der Waals surface area (Å²) in [6, 6.07) is 8.94. The van der Waals surface area contributed by atoms with E-state index in [0.717, 1.165) is 12.3 Å². The standard InChI is InChI=1S/C33H50O6/c1-6-8-9-10-27-11-15-29(16-12-27)30-17-13-28(14-18-30)19-20-33(7-2,23-38-31(35)25(3)21-34)24-39-32(36)26(4)22-37-5/h13-14,17-18,27,29,34H,3-4,6-12,15-16,19-24H2,1-2,5H3. The number of benzene rings is 1. The van der Waals surface area contributed by atoms with Crippen LogP contribution in [0, 0.1) is 11.3 Å². The van der Waals surface area contributed by atoms with Crippen LogP contribution in [0.3, 0.4) is 0 Å². The first-order valence-corrected chi connectivity index (χ1v) is 14.7. The number of rotatable bonds is 18. The van der Waals surface area contributed by atoms with Gasteiger partial charge in [-0.25, -0.2) is 9.59 Å². The molecule has 218 valence electrons. The highest BCUT2D eigenvalue weighted by molar-refractivity contribution is 5.88. The van der Waals surface area contributed by atoms with Crippen LogP contribution in [0.1, 0.15) is 95.1 Å². The molecular formula is C33H50O6. The molecule has 1 unspecified atom stereocenters. The molecule has 6 heteroatoms. The minimum absolute atomic E-state index is 0.00366. The SMILES string of the molecule is C=C(CO)C(=O)OCC(CC)(CCc1ccc(C2CCC(CCCCC)CC2)cc1)COC(=O)C(=C)COC. The molecule has 0 aliphatic heterocycles. The third kappa shape index (κ3) is 10.9. The number of carbonyl (C=O) groups excluding carboxylic acids is 2. The zero-order valence-corrected chi connectivity index (χ0v) is 24.5. The highest BCUT2D eigenvalue weighted by atomic mass is 16.6. The number of hydrogen-bond donors (Lipinski definition) is 1. The van der Waals surface area contributed by atoms with Crippen molar-refractivity contribution in [3.8, 4) is 0 Å². The normalized spacial score (nSPS) is 18.7. The summed E-state index contributed by atoms with van der Waals surface area (Å²) in [6.07, 6.45) is 12.7. The van der Waals surface area contributed by atoms with Crippen LogP contribution in [-0.4, -0.2) is 50.6 Å². The average molecular weight is 543 g/mol. The molecule has 0 heterocycles. The van der Waals surface area contributed by atoms with E-state index < -0.39 is 24.0 Å². The van der Waals surface area contributed by atoms with Gasteiger partial charge in [-0.15, -0.1) is 0 Å². The van der Waals surface area contributed by atoms with Crippen LogP contribution in [0.5, 0.6) is 0 Å². The first-order valence-electron chi connectivity index (χ1n) is 14.7. The lowest BCUT2D eigenvalue weighted by atomic mass is 9.76. The maximum absolute atomic E-state index is 12.4. The van der Waals surface area contributed by atoms with Crippen molar-refractivity contribution in [3.63, 3.8) is 0 Å². The Morgan fingerprint density at radius 3 is 2.10 bits per heavy atom. The second-order valence-corrected chi connectivity index (χ2v) is 11.3. The Bertz CT molecular complexity index is 913. The van der Waals surface area contributed by atoms with Gasteiger partial charge in [0.2, 0.25) is 0 Å². The Hall–Kier alpha value is -2.44. The zero-order valence-electron chi connectivity index (χ0n) is 24.5. The van der Waals surface area contributed by atoms with E-state index in [2.05, 4.69) is 44.3 Å². The average Bonchev–Trinajstić information content (AvgIpc) is 2.97. The van der Waals surface area contributed by atoms with E-state index in [4.69, 9.17) is 14.2 Å². The van der Waals surface area contributed by atoms with Crippen molar-refractivity contribution in [1.82, 2.24) is 0 Å². The maximum Gasteiger partial charge on any atom is 0.335 e. The van der Waals surface area contributed by atoms with Gasteiger partial charge < -0.3 is 19.3 Å². The van der Waals surface area contributed by atoms with Crippen LogP contribution in [0.2, 0.25) is 0 Å². The second kappa shape index (κ2) is 17.3. The van der Waals surface area contributed by atoms with E-state index in [1.165, 1.54) is 69.6 Å². The quantitative estimate of drug-likeness (QED) is 0.126. The van der Waals surface area contributed by atoms with Gasteiger partial charge in [-0.3, -0.25) is 0 Å². The summed E-state index contributed by atoms with van der Waals surface area (Å²) in [5, 5.41) is 9.21. The molecule has 0 spiro atoms. The highest BCUT2D eigenvalue weighted by Gasteiger charge is 2.33. The van der Waals surface area contributed by atoms with Gasteiger partial charge in [0.05, 0.1) is 24.4 Å². The minimum Gasteiger partial charge on any atom is -0.462 e. The van der Waals surface area contributed by atoms with Crippen molar-refractivity contribution in [2.24, 2.45) is 11.3 Å². The number of hydrogen-bond acceptors (Lipinski definition) is 6. The van der Waals surface area contributed by atoms with Crippen LogP contribution in [0.25, 0.3) is 0 Å². The zero-order chi connectivity index (χ0) is 28.7. The van der Waals surface area contributed by atoms with E-state index in [0.29, 0.717) is 18.8 Å². The molecule has 6 nitrogen and oxygen atoms in total. The van der Waals surface area contributed by atoms with E-state index in [1.807, 2.05) is 6.92 Å². The Balaban J connectivity index is 2.00. The molecule has 1 saturated carbocycles. The topological polar surface area (TPSA) is 82.1 Å². The van der Waals surface area contributed by atoms with Crippen molar-refractivity contribution < 1.29 is 28.9 Å². The van der Waals surface area contributed by atoms with Crippen LogP contribution < -0.4 is 0 Å². The number of aliphatic hydroxyl groups is 1. The second-order valence-electron chi connectivity index (χ2n) is 11.3. The number of methoxy groups -OCH3 is 1. The predicted octanol–water partition coefficient (Wildman–Crippen LogP) is 6.71. The van der Waals surface area contributed by atoms with Gasteiger partial charge in [0.1, 0.15) is 13.2 Å². The highest BCUT2D eigenvalue weighted by Crippen LogP contribution is 2.38. The Morgan fingerprint density at radius 2 is 1.56 bits per heavy atom. The Morgan fingerprint density at radius 1 is 0.949 bits per heavy atom. The van der Waals surface area contributed by atoms with Crippen molar-refractivity contribution in [1.29, 1.82) is 0 Å². The molecule has 1 aliphatic carbocycles. The molecule has 2 rings (SSSR count). The van der Waals surface area contributed by atoms with E-state index >= 15 is 0 Å². The molecule has 1 atom stereocenters. The maximum atomic E-state index is 12.4. The molecule has 1 fully saturated rings.